The fourth-order valence-electron chi connectivity index (χ4n) is 2.91. The minimum Gasteiger partial charge on any atom is -0.352 e. The summed E-state index contributed by atoms with van der Waals surface area (Å²) in [4.78, 5) is 8.90. The molecule has 0 aromatic carbocycles. The van der Waals surface area contributed by atoms with Crippen molar-refractivity contribution in [2.45, 2.75) is 38.6 Å². The van der Waals surface area contributed by atoms with Gasteiger partial charge in [-0.2, -0.15) is 5.10 Å². The van der Waals surface area contributed by atoms with E-state index in [-0.39, 0.29) is 5.41 Å². The van der Waals surface area contributed by atoms with Gasteiger partial charge in [0, 0.05) is 56.5 Å². The first-order chi connectivity index (χ1) is 11.3. The van der Waals surface area contributed by atoms with Crippen LogP contribution in [0.4, 0.5) is 5.82 Å². The summed E-state index contributed by atoms with van der Waals surface area (Å²) in [6.07, 6.45) is 4.84. The molecule has 0 radical (unpaired) electrons. The van der Waals surface area contributed by atoms with Crippen LogP contribution in [-0.2, 0) is 18.9 Å². The van der Waals surface area contributed by atoms with Crippen LogP contribution in [0.5, 0.6) is 0 Å². The average Bonchev–Trinajstić information content (AvgIpc) is 2.88. The van der Waals surface area contributed by atoms with E-state index >= 15 is 0 Å². The Hall–Kier alpha value is -1.95. The molecule has 2 aromatic heterocycles. The van der Waals surface area contributed by atoms with Crippen molar-refractivity contribution in [1.82, 2.24) is 24.6 Å². The lowest BCUT2D eigenvalue weighted by atomic mass is 9.92. The molecular weight excluding hydrogens is 300 g/mol. The Morgan fingerprint density at radius 1 is 1.21 bits per heavy atom. The van der Waals surface area contributed by atoms with E-state index in [4.69, 9.17) is 0 Å². The Morgan fingerprint density at radius 3 is 2.50 bits per heavy atom. The van der Waals surface area contributed by atoms with Gasteiger partial charge in [0.2, 0.25) is 0 Å². The molecule has 1 aliphatic rings. The number of rotatable bonds is 5. The molecule has 0 aliphatic carbocycles. The number of hydrogen-bond acceptors (Lipinski definition) is 5. The van der Waals surface area contributed by atoms with Crippen molar-refractivity contribution in [3.05, 3.63) is 36.0 Å². The highest BCUT2D eigenvalue weighted by molar-refractivity contribution is 5.42. The quantitative estimate of drug-likeness (QED) is 0.839. The summed E-state index contributed by atoms with van der Waals surface area (Å²) >= 11 is 0. The second-order valence-corrected chi connectivity index (χ2v) is 7.81. The van der Waals surface area contributed by atoms with Gasteiger partial charge in [-0.15, -0.1) is 5.10 Å². The predicted octanol–water partition coefficient (Wildman–Crippen LogP) is 1.87. The number of aryl methyl sites for hydroxylation is 1. The topological polar surface area (TPSA) is 50.1 Å². The number of imidazole rings is 1. The molecule has 6 nitrogen and oxygen atoms in total. The fraction of sp³-hybridized carbons (Fsp3) is 0.611. The Morgan fingerprint density at radius 2 is 1.96 bits per heavy atom. The summed E-state index contributed by atoms with van der Waals surface area (Å²) in [5.74, 6) is 0.985. The molecule has 130 valence electrons. The third-order valence-electron chi connectivity index (χ3n) is 4.87. The molecule has 0 atom stereocenters. The Kier molecular flexibility index (Phi) is 4.58. The zero-order valence-corrected chi connectivity index (χ0v) is 15.4. The van der Waals surface area contributed by atoms with Crippen LogP contribution in [0.3, 0.4) is 0 Å². The SMILES string of the molecule is CN(CCc1cncn1C)C1CN(c2ccc(C(C)(C)C)nn2)C1. The summed E-state index contributed by atoms with van der Waals surface area (Å²) in [6.45, 7) is 9.57. The molecule has 3 rings (SSSR count). The van der Waals surface area contributed by atoms with Gasteiger partial charge in [-0.25, -0.2) is 4.98 Å². The average molecular weight is 328 g/mol. The lowest BCUT2D eigenvalue weighted by molar-refractivity contribution is 0.205. The molecule has 0 spiro atoms. The first kappa shape index (κ1) is 16.9. The van der Waals surface area contributed by atoms with Crippen LogP contribution >= 0.6 is 0 Å². The maximum absolute atomic E-state index is 4.40. The van der Waals surface area contributed by atoms with Crippen molar-refractivity contribution in [3.8, 4) is 0 Å². The van der Waals surface area contributed by atoms with Gasteiger partial charge in [-0.05, 0) is 19.2 Å². The first-order valence-electron chi connectivity index (χ1n) is 8.59. The summed E-state index contributed by atoms with van der Waals surface area (Å²) < 4.78 is 2.09. The van der Waals surface area contributed by atoms with Gasteiger partial charge in [0.1, 0.15) is 0 Å². The van der Waals surface area contributed by atoms with Crippen LogP contribution < -0.4 is 4.90 Å². The van der Waals surface area contributed by atoms with Gasteiger partial charge in [-0.3, -0.25) is 4.90 Å². The van der Waals surface area contributed by atoms with E-state index in [1.165, 1.54) is 5.69 Å². The molecule has 3 heterocycles. The second kappa shape index (κ2) is 6.51. The summed E-state index contributed by atoms with van der Waals surface area (Å²) in [5, 5.41) is 8.79. The Bertz CT molecular complexity index is 664. The van der Waals surface area contributed by atoms with Crippen LogP contribution in [-0.4, -0.2) is 57.4 Å². The van der Waals surface area contributed by atoms with Crippen LogP contribution in [0, 0.1) is 0 Å². The van der Waals surface area contributed by atoms with E-state index in [1.807, 2.05) is 19.6 Å². The van der Waals surface area contributed by atoms with Gasteiger partial charge < -0.3 is 9.47 Å². The highest BCUT2D eigenvalue weighted by Gasteiger charge is 2.31. The van der Waals surface area contributed by atoms with Gasteiger partial charge >= 0.3 is 0 Å². The van der Waals surface area contributed by atoms with Gasteiger partial charge in [-0.1, -0.05) is 20.8 Å². The maximum atomic E-state index is 4.40. The molecular formula is C18H28N6. The minimum absolute atomic E-state index is 0.0506. The molecule has 2 aromatic rings. The predicted molar refractivity (Wildman–Crippen MR) is 96.3 cm³/mol. The Labute approximate surface area is 144 Å². The number of anilines is 1. The van der Waals surface area contributed by atoms with Crippen LogP contribution in [0.2, 0.25) is 0 Å². The summed E-state index contributed by atoms with van der Waals surface area (Å²) in [5.41, 5.74) is 2.37. The molecule has 0 unspecified atom stereocenters. The first-order valence-corrected chi connectivity index (χ1v) is 8.59. The molecule has 1 fully saturated rings. The molecule has 0 bridgehead atoms. The van der Waals surface area contributed by atoms with Crippen molar-refractivity contribution in [1.29, 1.82) is 0 Å². The smallest absolute Gasteiger partial charge is 0.151 e. The normalized spacial score (nSPS) is 15.8. The largest absolute Gasteiger partial charge is 0.352 e. The maximum Gasteiger partial charge on any atom is 0.151 e. The number of likely N-dealkylation sites (N-methyl/N-ethyl adjacent to an activating group) is 1. The van der Waals surface area contributed by atoms with Gasteiger partial charge in [0.15, 0.2) is 5.82 Å². The van der Waals surface area contributed by atoms with Gasteiger partial charge in [0.25, 0.3) is 0 Å². The third-order valence-corrected chi connectivity index (χ3v) is 4.87. The standard InChI is InChI=1S/C18H28N6/c1-18(2,3)16-6-7-17(21-20-16)24-11-15(12-24)22(4)9-8-14-10-19-13-23(14)5/h6-7,10,13,15H,8-9,11-12H2,1-5H3. The van der Waals surface area contributed by atoms with E-state index in [1.54, 1.807) is 0 Å². The zero-order valence-electron chi connectivity index (χ0n) is 15.4. The molecule has 0 saturated carbocycles. The summed E-state index contributed by atoms with van der Waals surface area (Å²) in [6, 6.07) is 4.78. The van der Waals surface area contributed by atoms with Crippen molar-refractivity contribution in [3.63, 3.8) is 0 Å². The summed E-state index contributed by atoms with van der Waals surface area (Å²) in [7, 11) is 4.25. The van der Waals surface area contributed by atoms with E-state index in [2.05, 4.69) is 69.5 Å². The third kappa shape index (κ3) is 3.59. The number of nitrogens with zero attached hydrogens (tertiary/aromatic N) is 6. The van der Waals surface area contributed by atoms with E-state index in [9.17, 15) is 0 Å². The van der Waals surface area contributed by atoms with Crippen molar-refractivity contribution in [2.75, 3.05) is 31.6 Å². The molecule has 1 saturated heterocycles. The lowest BCUT2D eigenvalue weighted by Crippen LogP contribution is -2.59. The highest BCUT2D eigenvalue weighted by atomic mass is 15.4. The van der Waals surface area contributed by atoms with E-state index in [0.717, 1.165) is 37.6 Å². The minimum atomic E-state index is 0.0506. The Balaban J connectivity index is 1.49. The van der Waals surface area contributed by atoms with Crippen molar-refractivity contribution < 1.29 is 0 Å². The molecule has 0 amide bonds. The lowest BCUT2D eigenvalue weighted by Gasteiger charge is -2.44. The monoisotopic (exact) mass is 328 g/mol. The fourth-order valence-corrected chi connectivity index (χ4v) is 2.91. The van der Waals surface area contributed by atoms with E-state index in [0.29, 0.717) is 6.04 Å². The zero-order chi connectivity index (χ0) is 17.3. The highest BCUT2D eigenvalue weighted by Crippen LogP contribution is 2.24. The number of aromatic nitrogens is 4. The van der Waals surface area contributed by atoms with Crippen LogP contribution in [0.25, 0.3) is 0 Å². The molecule has 24 heavy (non-hydrogen) atoms. The van der Waals surface area contributed by atoms with Crippen LogP contribution in [0.1, 0.15) is 32.2 Å². The number of hydrogen-bond donors (Lipinski definition) is 0. The second-order valence-electron chi connectivity index (χ2n) is 7.81. The van der Waals surface area contributed by atoms with Crippen molar-refractivity contribution >= 4 is 5.82 Å². The van der Waals surface area contributed by atoms with Crippen molar-refractivity contribution in [2.24, 2.45) is 7.05 Å². The van der Waals surface area contributed by atoms with Crippen LogP contribution in [0.15, 0.2) is 24.7 Å². The molecule has 1 aliphatic heterocycles. The van der Waals surface area contributed by atoms with E-state index < -0.39 is 0 Å². The molecule has 0 N–H and O–H groups in total. The van der Waals surface area contributed by atoms with Gasteiger partial charge in [0.05, 0.1) is 12.0 Å². The molecule has 6 heteroatoms.